The van der Waals surface area contributed by atoms with E-state index in [-0.39, 0.29) is 12.1 Å². The highest BCUT2D eigenvalue weighted by molar-refractivity contribution is 7.85. The van der Waals surface area contributed by atoms with Gasteiger partial charge in [-0.3, -0.25) is 4.28 Å². The van der Waals surface area contributed by atoms with E-state index in [4.69, 9.17) is 10.5 Å². The lowest BCUT2D eigenvalue weighted by atomic mass is 10.1. The van der Waals surface area contributed by atoms with E-state index in [0.29, 0.717) is 11.1 Å². The molecule has 0 unspecified atom stereocenters. The second-order valence-corrected chi connectivity index (χ2v) is 4.92. The van der Waals surface area contributed by atoms with Crippen LogP contribution in [0, 0.1) is 22.7 Å². The van der Waals surface area contributed by atoms with Crippen LogP contribution in [0.5, 0.6) is 0 Å². The first-order valence-corrected chi connectivity index (χ1v) is 6.61. The van der Waals surface area contributed by atoms with E-state index in [2.05, 4.69) is 9.44 Å². The van der Waals surface area contributed by atoms with Gasteiger partial charge in [0.25, 0.3) is 0 Å². The van der Waals surface area contributed by atoms with Crippen molar-refractivity contribution in [2.75, 3.05) is 6.26 Å². The standard InChI is InChI=1S/C11H9N3O3S/c1-18(15,16)17-14-11(8-13)10-4-2-3-9(7-10)5-6-12/h2-4,7H,5H2,1H3. The molecule has 0 aliphatic heterocycles. The van der Waals surface area contributed by atoms with Crippen molar-refractivity contribution in [3.63, 3.8) is 0 Å². The van der Waals surface area contributed by atoms with Gasteiger partial charge in [0.05, 0.1) is 18.7 Å². The van der Waals surface area contributed by atoms with E-state index >= 15 is 0 Å². The summed E-state index contributed by atoms with van der Waals surface area (Å²) in [4.78, 5) is 0. The third-order valence-corrected chi connectivity index (χ3v) is 2.20. The molecule has 6 nitrogen and oxygen atoms in total. The molecule has 0 bridgehead atoms. The van der Waals surface area contributed by atoms with E-state index in [1.807, 2.05) is 6.07 Å². The molecular formula is C11H9N3O3S. The van der Waals surface area contributed by atoms with E-state index in [0.717, 1.165) is 6.26 Å². The highest BCUT2D eigenvalue weighted by Crippen LogP contribution is 2.08. The topological polar surface area (TPSA) is 103 Å². The van der Waals surface area contributed by atoms with E-state index in [1.165, 1.54) is 0 Å². The fourth-order valence-corrected chi connectivity index (χ4v) is 1.37. The van der Waals surface area contributed by atoms with Gasteiger partial charge in [0, 0.05) is 5.56 Å². The maximum Gasteiger partial charge on any atom is 0.325 e. The Hall–Kier alpha value is -2.38. The molecule has 0 spiro atoms. The first kappa shape index (κ1) is 13.7. The second-order valence-electron chi connectivity index (χ2n) is 3.37. The summed E-state index contributed by atoms with van der Waals surface area (Å²) >= 11 is 0. The van der Waals surface area contributed by atoms with Crippen LogP contribution in [0.25, 0.3) is 0 Å². The van der Waals surface area contributed by atoms with Crippen LogP contribution in [0.1, 0.15) is 11.1 Å². The quantitative estimate of drug-likeness (QED) is 0.594. The molecule has 0 fully saturated rings. The summed E-state index contributed by atoms with van der Waals surface area (Å²) in [5, 5.41) is 20.7. The molecule has 0 aromatic heterocycles. The molecule has 0 atom stereocenters. The smallest absolute Gasteiger partial charge is 0.267 e. The Balaban J connectivity index is 3.07. The van der Waals surface area contributed by atoms with Crippen molar-refractivity contribution in [3.8, 4) is 12.1 Å². The van der Waals surface area contributed by atoms with Crippen LogP contribution in [-0.2, 0) is 20.8 Å². The normalized spacial score (nSPS) is 11.4. The van der Waals surface area contributed by atoms with Crippen molar-refractivity contribution in [2.45, 2.75) is 6.42 Å². The maximum atomic E-state index is 10.8. The summed E-state index contributed by atoms with van der Waals surface area (Å²) in [7, 11) is -3.75. The number of hydrogen-bond donors (Lipinski definition) is 0. The molecule has 0 aliphatic rings. The fourth-order valence-electron chi connectivity index (χ4n) is 1.16. The molecule has 0 radical (unpaired) electrons. The Kier molecular flexibility index (Phi) is 4.41. The van der Waals surface area contributed by atoms with Crippen LogP contribution < -0.4 is 0 Å². The number of rotatable bonds is 4. The minimum Gasteiger partial charge on any atom is -0.267 e. The average molecular weight is 263 g/mol. The predicted molar refractivity (Wildman–Crippen MR) is 63.8 cm³/mol. The first-order chi connectivity index (χ1) is 8.46. The van der Waals surface area contributed by atoms with Crippen LogP contribution in [0.15, 0.2) is 29.4 Å². The molecule has 0 saturated heterocycles. The van der Waals surface area contributed by atoms with Gasteiger partial charge in [-0.1, -0.05) is 23.4 Å². The largest absolute Gasteiger partial charge is 0.325 e. The average Bonchev–Trinajstić information content (AvgIpc) is 2.29. The van der Waals surface area contributed by atoms with Crippen molar-refractivity contribution in [1.82, 2.24) is 0 Å². The Morgan fingerprint density at radius 1 is 1.44 bits per heavy atom. The van der Waals surface area contributed by atoms with Gasteiger partial charge in [-0.15, -0.1) is 0 Å². The Labute approximate surface area is 105 Å². The van der Waals surface area contributed by atoms with Crippen LogP contribution in [0.4, 0.5) is 0 Å². The van der Waals surface area contributed by atoms with Gasteiger partial charge in [0.15, 0.2) is 5.71 Å². The van der Waals surface area contributed by atoms with Crippen LogP contribution in [0.2, 0.25) is 0 Å². The van der Waals surface area contributed by atoms with Crippen molar-refractivity contribution >= 4 is 15.8 Å². The van der Waals surface area contributed by atoms with Crippen molar-refractivity contribution < 1.29 is 12.7 Å². The first-order valence-electron chi connectivity index (χ1n) is 4.79. The molecule has 0 N–H and O–H groups in total. The summed E-state index contributed by atoms with van der Waals surface area (Å²) in [6, 6.07) is 10.2. The van der Waals surface area contributed by atoms with Crippen LogP contribution >= 0.6 is 0 Å². The SMILES string of the molecule is CS(=O)(=O)ON=C(C#N)c1cccc(CC#N)c1. The Morgan fingerprint density at radius 2 is 2.17 bits per heavy atom. The number of oxime groups is 1. The minimum atomic E-state index is -3.75. The third kappa shape index (κ3) is 4.24. The summed E-state index contributed by atoms with van der Waals surface area (Å²) in [5.41, 5.74) is 0.937. The molecule has 1 aromatic rings. The number of benzene rings is 1. The zero-order valence-electron chi connectivity index (χ0n) is 9.49. The van der Waals surface area contributed by atoms with E-state index in [1.54, 1.807) is 30.3 Å². The number of hydrogen-bond acceptors (Lipinski definition) is 6. The summed E-state index contributed by atoms with van der Waals surface area (Å²) in [6.45, 7) is 0. The summed E-state index contributed by atoms with van der Waals surface area (Å²) < 4.78 is 25.8. The summed E-state index contributed by atoms with van der Waals surface area (Å²) in [6.07, 6.45) is 1.02. The lowest BCUT2D eigenvalue weighted by Gasteiger charge is -2.00. The van der Waals surface area contributed by atoms with Gasteiger partial charge >= 0.3 is 10.1 Å². The zero-order chi connectivity index (χ0) is 13.6. The monoisotopic (exact) mass is 263 g/mol. The molecular weight excluding hydrogens is 254 g/mol. The number of nitrogens with zero attached hydrogens (tertiary/aromatic N) is 3. The molecule has 1 aromatic carbocycles. The minimum absolute atomic E-state index is 0.166. The Morgan fingerprint density at radius 3 is 2.72 bits per heavy atom. The maximum absolute atomic E-state index is 10.8. The van der Waals surface area contributed by atoms with E-state index in [9.17, 15) is 8.42 Å². The summed E-state index contributed by atoms with van der Waals surface area (Å²) in [5.74, 6) is 0. The highest BCUT2D eigenvalue weighted by Gasteiger charge is 2.07. The molecule has 7 heteroatoms. The molecule has 18 heavy (non-hydrogen) atoms. The lowest BCUT2D eigenvalue weighted by molar-refractivity contribution is 0.344. The van der Waals surface area contributed by atoms with Gasteiger partial charge in [-0.25, -0.2) is 0 Å². The van der Waals surface area contributed by atoms with E-state index < -0.39 is 10.1 Å². The van der Waals surface area contributed by atoms with Crippen molar-refractivity contribution in [1.29, 1.82) is 10.5 Å². The highest BCUT2D eigenvalue weighted by atomic mass is 32.2. The molecule has 0 saturated carbocycles. The molecule has 1 rings (SSSR count). The zero-order valence-corrected chi connectivity index (χ0v) is 10.3. The third-order valence-electron chi connectivity index (χ3n) is 1.85. The van der Waals surface area contributed by atoms with Crippen LogP contribution in [-0.4, -0.2) is 20.4 Å². The van der Waals surface area contributed by atoms with Crippen molar-refractivity contribution in [3.05, 3.63) is 35.4 Å². The van der Waals surface area contributed by atoms with Gasteiger partial charge in [0.2, 0.25) is 0 Å². The lowest BCUT2D eigenvalue weighted by Crippen LogP contribution is -2.03. The molecule has 0 amide bonds. The van der Waals surface area contributed by atoms with Gasteiger partial charge in [0.1, 0.15) is 6.07 Å². The fraction of sp³-hybridized carbons (Fsp3) is 0.182. The number of nitriles is 2. The molecule has 0 heterocycles. The predicted octanol–water partition coefficient (Wildman–Crippen LogP) is 0.957. The molecule has 92 valence electrons. The van der Waals surface area contributed by atoms with Gasteiger partial charge in [-0.05, 0) is 11.6 Å². The Bertz CT molecular complexity index is 651. The van der Waals surface area contributed by atoms with Crippen LogP contribution in [0.3, 0.4) is 0 Å². The van der Waals surface area contributed by atoms with Gasteiger partial charge < -0.3 is 0 Å². The molecule has 0 aliphatic carbocycles. The van der Waals surface area contributed by atoms with Crippen molar-refractivity contribution in [2.24, 2.45) is 5.16 Å². The van der Waals surface area contributed by atoms with Gasteiger partial charge in [-0.2, -0.15) is 18.9 Å². The second kappa shape index (κ2) is 5.80.